The first-order valence-corrected chi connectivity index (χ1v) is 10.7. The first-order chi connectivity index (χ1) is 16.2. The summed E-state index contributed by atoms with van der Waals surface area (Å²) in [5.41, 5.74) is 6.47. The van der Waals surface area contributed by atoms with Gasteiger partial charge in [0.2, 0.25) is 0 Å². The molecule has 33 heavy (non-hydrogen) atoms. The lowest BCUT2D eigenvalue weighted by molar-refractivity contribution is 0.477. The summed E-state index contributed by atoms with van der Waals surface area (Å²) < 4.78 is 7.97. The number of phenolic OH excluding ortho intramolecular Hbond substituents is 1. The molecule has 0 spiro atoms. The van der Waals surface area contributed by atoms with Crippen LogP contribution in [-0.2, 0) is 0 Å². The van der Waals surface area contributed by atoms with Crippen molar-refractivity contribution in [2.24, 2.45) is 0 Å². The van der Waals surface area contributed by atoms with Crippen LogP contribution in [0.2, 0.25) is 0 Å². The maximum Gasteiger partial charge on any atom is 0.156 e. The van der Waals surface area contributed by atoms with Crippen molar-refractivity contribution >= 4 is 11.0 Å². The normalized spacial score (nSPS) is 11.3. The van der Waals surface area contributed by atoms with Crippen LogP contribution in [0.1, 0.15) is 5.56 Å². The number of rotatable bonds is 4. The van der Waals surface area contributed by atoms with E-state index >= 15 is 0 Å². The number of para-hydroxylation sites is 2. The Hall–Kier alpha value is -4.58. The highest BCUT2D eigenvalue weighted by Crippen LogP contribution is 2.37. The molecule has 0 amide bonds. The van der Waals surface area contributed by atoms with E-state index in [4.69, 9.17) is 9.52 Å². The third kappa shape index (κ3) is 3.38. The Balaban J connectivity index is 1.52. The molecule has 6 heteroatoms. The summed E-state index contributed by atoms with van der Waals surface area (Å²) in [5, 5.41) is 23.8. The second kappa shape index (κ2) is 7.53. The Morgan fingerprint density at radius 3 is 2.55 bits per heavy atom. The van der Waals surface area contributed by atoms with Crippen molar-refractivity contribution < 1.29 is 9.52 Å². The van der Waals surface area contributed by atoms with Crippen LogP contribution in [0.15, 0.2) is 95.5 Å². The Kier molecular flexibility index (Phi) is 4.36. The lowest BCUT2D eigenvalue weighted by Crippen LogP contribution is -1.93. The zero-order valence-electron chi connectivity index (χ0n) is 17.9. The molecular formula is C27H20N4O2. The minimum absolute atomic E-state index is 0.202. The largest absolute Gasteiger partial charge is 0.507 e. The molecule has 0 bridgehead atoms. The number of fused-ring (bicyclic) bond motifs is 1. The minimum atomic E-state index is 0.202. The van der Waals surface area contributed by atoms with Crippen molar-refractivity contribution in [1.82, 2.24) is 20.0 Å². The Labute approximate surface area is 189 Å². The average Bonchev–Trinajstić information content (AvgIpc) is 3.58. The first kappa shape index (κ1) is 19.1. The highest BCUT2D eigenvalue weighted by molar-refractivity contribution is 5.86. The van der Waals surface area contributed by atoms with Crippen molar-refractivity contribution in [2.75, 3.05) is 0 Å². The van der Waals surface area contributed by atoms with Gasteiger partial charge < -0.3 is 9.52 Å². The molecule has 0 fully saturated rings. The maximum absolute atomic E-state index is 10.4. The lowest BCUT2D eigenvalue weighted by atomic mass is 10.1. The number of aromatic nitrogens is 4. The molecule has 3 aromatic heterocycles. The van der Waals surface area contributed by atoms with Crippen LogP contribution < -0.4 is 0 Å². The molecule has 3 aromatic carbocycles. The average molecular weight is 432 g/mol. The molecular weight excluding hydrogens is 412 g/mol. The highest BCUT2D eigenvalue weighted by atomic mass is 16.3. The molecule has 0 aliphatic rings. The van der Waals surface area contributed by atoms with Gasteiger partial charge in [0.15, 0.2) is 5.76 Å². The molecule has 6 nitrogen and oxygen atoms in total. The highest BCUT2D eigenvalue weighted by Gasteiger charge is 2.20. The third-order valence-electron chi connectivity index (χ3n) is 5.69. The molecule has 3 heterocycles. The fourth-order valence-corrected chi connectivity index (χ4v) is 4.02. The molecule has 6 aromatic rings. The fourth-order valence-electron chi connectivity index (χ4n) is 4.02. The summed E-state index contributed by atoms with van der Waals surface area (Å²) in [6.45, 7) is 1.99. The van der Waals surface area contributed by atoms with Crippen molar-refractivity contribution in [3.05, 3.63) is 96.7 Å². The zero-order valence-corrected chi connectivity index (χ0v) is 17.9. The molecule has 6 rings (SSSR count). The summed E-state index contributed by atoms with van der Waals surface area (Å²) >= 11 is 0. The Morgan fingerprint density at radius 2 is 1.70 bits per heavy atom. The second-order valence-corrected chi connectivity index (χ2v) is 8.01. The van der Waals surface area contributed by atoms with Gasteiger partial charge in [0, 0.05) is 17.1 Å². The van der Waals surface area contributed by atoms with Crippen LogP contribution in [0, 0.1) is 6.92 Å². The van der Waals surface area contributed by atoms with E-state index in [1.807, 2.05) is 96.7 Å². The van der Waals surface area contributed by atoms with Gasteiger partial charge in [0.1, 0.15) is 17.0 Å². The molecule has 0 atom stereocenters. The topological polar surface area (TPSA) is 79.9 Å². The number of furan rings is 1. The van der Waals surface area contributed by atoms with E-state index in [1.54, 1.807) is 6.07 Å². The number of hydrogen-bond donors (Lipinski definition) is 2. The first-order valence-electron chi connectivity index (χ1n) is 10.7. The van der Waals surface area contributed by atoms with Crippen LogP contribution >= 0.6 is 0 Å². The smallest absolute Gasteiger partial charge is 0.156 e. The quantitative estimate of drug-likeness (QED) is 0.340. The predicted molar refractivity (Wildman–Crippen MR) is 128 cm³/mol. The van der Waals surface area contributed by atoms with Gasteiger partial charge in [0.05, 0.1) is 22.6 Å². The zero-order chi connectivity index (χ0) is 22.4. The standard InChI is InChI=1S/C27H20N4O2/c1-17-11-12-24(32)20(13-17)22-15-23(29-28-22)21-16-31(19-8-3-2-4-9-19)30-27(21)26-14-18-7-5-6-10-25(18)33-26/h2-16,32H,1H3,(H,28,29). The van der Waals surface area contributed by atoms with E-state index in [0.29, 0.717) is 22.7 Å². The van der Waals surface area contributed by atoms with Crippen molar-refractivity contribution in [2.45, 2.75) is 6.92 Å². The Bertz CT molecular complexity index is 1560. The number of nitrogens with zero attached hydrogens (tertiary/aromatic N) is 3. The number of nitrogens with one attached hydrogen (secondary N) is 1. The van der Waals surface area contributed by atoms with Gasteiger partial charge in [-0.25, -0.2) is 4.68 Å². The molecule has 0 radical (unpaired) electrons. The van der Waals surface area contributed by atoms with Crippen LogP contribution in [0.4, 0.5) is 0 Å². The van der Waals surface area contributed by atoms with Crippen molar-refractivity contribution in [3.63, 3.8) is 0 Å². The molecule has 2 N–H and O–H groups in total. The van der Waals surface area contributed by atoms with E-state index in [1.165, 1.54) is 0 Å². The van der Waals surface area contributed by atoms with Gasteiger partial charge in [-0.1, -0.05) is 48.0 Å². The molecule has 0 unspecified atom stereocenters. The molecule has 160 valence electrons. The summed E-state index contributed by atoms with van der Waals surface area (Å²) in [7, 11) is 0. The number of phenols is 1. The van der Waals surface area contributed by atoms with E-state index in [0.717, 1.165) is 33.5 Å². The van der Waals surface area contributed by atoms with E-state index in [9.17, 15) is 5.11 Å². The summed E-state index contributed by atoms with van der Waals surface area (Å²) in [4.78, 5) is 0. The summed E-state index contributed by atoms with van der Waals surface area (Å²) in [6.07, 6.45) is 1.95. The van der Waals surface area contributed by atoms with E-state index in [-0.39, 0.29) is 5.75 Å². The van der Waals surface area contributed by atoms with Crippen molar-refractivity contribution in [3.8, 4) is 45.4 Å². The van der Waals surface area contributed by atoms with Gasteiger partial charge in [0.25, 0.3) is 0 Å². The van der Waals surface area contributed by atoms with Crippen LogP contribution in [0.3, 0.4) is 0 Å². The van der Waals surface area contributed by atoms with Gasteiger partial charge >= 0.3 is 0 Å². The van der Waals surface area contributed by atoms with Crippen molar-refractivity contribution in [1.29, 1.82) is 0 Å². The molecule has 0 aliphatic heterocycles. The lowest BCUT2D eigenvalue weighted by Gasteiger charge is -2.02. The number of aromatic hydroxyl groups is 1. The summed E-state index contributed by atoms with van der Waals surface area (Å²) in [6, 6.07) is 27.2. The third-order valence-corrected chi connectivity index (χ3v) is 5.69. The van der Waals surface area contributed by atoms with Crippen LogP contribution in [0.5, 0.6) is 5.75 Å². The number of aryl methyl sites for hydroxylation is 1. The van der Waals surface area contributed by atoms with Gasteiger partial charge in [-0.3, -0.25) is 5.10 Å². The number of hydrogen-bond acceptors (Lipinski definition) is 4. The fraction of sp³-hybridized carbons (Fsp3) is 0.0370. The monoisotopic (exact) mass is 432 g/mol. The summed E-state index contributed by atoms with van der Waals surface area (Å²) in [5.74, 6) is 0.872. The number of benzene rings is 3. The SMILES string of the molecule is Cc1ccc(O)c(-c2cc(-c3cn(-c4ccccc4)nc3-c3cc4ccccc4o3)n[nH]2)c1. The van der Waals surface area contributed by atoms with E-state index in [2.05, 4.69) is 10.2 Å². The maximum atomic E-state index is 10.4. The van der Waals surface area contributed by atoms with Crippen LogP contribution in [-0.4, -0.2) is 25.1 Å². The predicted octanol–water partition coefficient (Wildman–Crippen LogP) is 6.36. The molecule has 0 aliphatic carbocycles. The molecule has 0 saturated carbocycles. The number of H-pyrrole nitrogens is 1. The van der Waals surface area contributed by atoms with Gasteiger partial charge in [-0.2, -0.15) is 10.2 Å². The minimum Gasteiger partial charge on any atom is -0.507 e. The number of aromatic amines is 1. The van der Waals surface area contributed by atoms with E-state index < -0.39 is 0 Å². The molecule has 0 saturated heterocycles. The van der Waals surface area contributed by atoms with Gasteiger partial charge in [-0.15, -0.1) is 0 Å². The second-order valence-electron chi connectivity index (χ2n) is 8.01. The Morgan fingerprint density at radius 1 is 0.879 bits per heavy atom. The van der Waals surface area contributed by atoms with Gasteiger partial charge in [-0.05, 0) is 49.4 Å². The van der Waals surface area contributed by atoms with Crippen LogP contribution in [0.25, 0.3) is 50.6 Å².